The number of amides is 1. The summed E-state index contributed by atoms with van der Waals surface area (Å²) in [5.74, 6) is 0.888. The first kappa shape index (κ1) is 19.6. The zero-order chi connectivity index (χ0) is 21.8. The number of halogens is 3. The molecule has 0 radical (unpaired) electrons. The van der Waals surface area contributed by atoms with Crippen molar-refractivity contribution in [1.29, 1.82) is 0 Å². The van der Waals surface area contributed by atoms with E-state index in [0.29, 0.717) is 19.0 Å². The fourth-order valence-electron chi connectivity index (χ4n) is 4.34. The van der Waals surface area contributed by atoms with Crippen LogP contribution in [0.25, 0.3) is 16.7 Å². The minimum absolute atomic E-state index is 0.00449. The molecule has 1 aliphatic rings. The van der Waals surface area contributed by atoms with Gasteiger partial charge < -0.3 is 9.88 Å². The first-order valence-corrected chi connectivity index (χ1v) is 10.1. The van der Waals surface area contributed by atoms with Gasteiger partial charge in [-0.1, -0.05) is 6.92 Å². The third-order valence-corrected chi connectivity index (χ3v) is 6.12. The first-order valence-electron chi connectivity index (χ1n) is 10.1. The number of aromatic amines is 1. The minimum Gasteiger partial charge on any atom is -0.345 e. The van der Waals surface area contributed by atoms with Crippen molar-refractivity contribution in [2.75, 3.05) is 13.1 Å². The number of nitrogens with zero attached hydrogens (tertiary/aromatic N) is 4. The van der Waals surface area contributed by atoms with Crippen molar-refractivity contribution in [2.24, 2.45) is 5.92 Å². The van der Waals surface area contributed by atoms with E-state index in [4.69, 9.17) is 0 Å². The Morgan fingerprint density at radius 1 is 1.13 bits per heavy atom. The molecule has 1 aliphatic heterocycles. The number of H-pyrrole nitrogens is 1. The highest BCUT2D eigenvalue weighted by Gasteiger charge is 2.34. The lowest BCUT2D eigenvalue weighted by Gasteiger charge is -2.36. The highest BCUT2D eigenvalue weighted by Crippen LogP contribution is 2.34. The third-order valence-electron chi connectivity index (χ3n) is 6.12. The Morgan fingerprint density at radius 2 is 1.87 bits per heavy atom. The Bertz CT molecular complexity index is 1260. The van der Waals surface area contributed by atoms with Gasteiger partial charge in [0.1, 0.15) is 5.82 Å². The number of rotatable bonds is 2. The SMILES string of the molecule is C[C@H]1CCN(C(=O)c2ccc(C(F)(F)F)cc2)C[C@H]1c1ncc2cnc3[nH]ccc3n12. The Balaban J connectivity index is 1.45. The van der Waals surface area contributed by atoms with Crippen LogP contribution < -0.4 is 0 Å². The number of hydrogen-bond donors (Lipinski definition) is 1. The van der Waals surface area contributed by atoms with E-state index in [2.05, 4.69) is 26.3 Å². The van der Waals surface area contributed by atoms with Crippen molar-refractivity contribution in [3.05, 3.63) is 65.9 Å². The van der Waals surface area contributed by atoms with Gasteiger partial charge in [-0.05, 0) is 42.7 Å². The monoisotopic (exact) mass is 427 g/mol. The van der Waals surface area contributed by atoms with Crippen molar-refractivity contribution in [3.63, 3.8) is 0 Å². The van der Waals surface area contributed by atoms with E-state index in [0.717, 1.165) is 41.1 Å². The summed E-state index contributed by atoms with van der Waals surface area (Å²) in [6.45, 7) is 3.15. The highest BCUT2D eigenvalue weighted by atomic mass is 19.4. The Morgan fingerprint density at radius 3 is 2.61 bits per heavy atom. The molecule has 4 heterocycles. The van der Waals surface area contributed by atoms with Gasteiger partial charge in [0.2, 0.25) is 0 Å². The molecule has 9 heteroatoms. The van der Waals surface area contributed by atoms with Gasteiger partial charge in [-0.3, -0.25) is 9.20 Å². The molecule has 160 valence electrons. The van der Waals surface area contributed by atoms with Gasteiger partial charge in [0.05, 0.1) is 29.0 Å². The molecule has 1 saturated heterocycles. The maximum Gasteiger partial charge on any atom is 0.416 e. The summed E-state index contributed by atoms with van der Waals surface area (Å²) in [5, 5.41) is 0. The number of likely N-dealkylation sites (tertiary alicyclic amines) is 1. The molecule has 1 amide bonds. The number of benzene rings is 1. The lowest BCUT2D eigenvalue weighted by molar-refractivity contribution is -0.137. The van der Waals surface area contributed by atoms with E-state index in [1.165, 1.54) is 12.1 Å². The summed E-state index contributed by atoms with van der Waals surface area (Å²) in [6.07, 6.45) is 1.72. The van der Waals surface area contributed by atoms with Crippen LogP contribution in [-0.2, 0) is 6.18 Å². The number of carbonyl (C=O) groups excluding carboxylic acids is 1. The van der Waals surface area contributed by atoms with Crippen LogP contribution >= 0.6 is 0 Å². The summed E-state index contributed by atoms with van der Waals surface area (Å²) in [5.41, 5.74) is 2.05. The first-order chi connectivity index (χ1) is 14.8. The van der Waals surface area contributed by atoms with E-state index in [1.54, 1.807) is 17.3 Å². The number of fused-ring (bicyclic) bond motifs is 3. The molecule has 0 aliphatic carbocycles. The number of carbonyl (C=O) groups is 1. The van der Waals surface area contributed by atoms with Crippen molar-refractivity contribution in [3.8, 4) is 0 Å². The Labute approximate surface area is 175 Å². The topological polar surface area (TPSA) is 66.3 Å². The van der Waals surface area contributed by atoms with Crippen LogP contribution in [0, 0.1) is 5.92 Å². The van der Waals surface area contributed by atoms with Gasteiger partial charge in [0.15, 0.2) is 5.65 Å². The van der Waals surface area contributed by atoms with Gasteiger partial charge in [-0.2, -0.15) is 13.2 Å². The van der Waals surface area contributed by atoms with Crippen molar-refractivity contribution in [2.45, 2.75) is 25.4 Å². The molecule has 3 aromatic heterocycles. The molecule has 0 saturated carbocycles. The number of aromatic nitrogens is 4. The average molecular weight is 427 g/mol. The summed E-state index contributed by atoms with van der Waals surface area (Å²) in [7, 11) is 0. The van der Waals surface area contributed by atoms with Gasteiger partial charge in [-0.25, -0.2) is 9.97 Å². The normalized spacial score (nSPS) is 19.9. The summed E-state index contributed by atoms with van der Waals surface area (Å²) in [4.78, 5) is 26.9. The quantitative estimate of drug-likeness (QED) is 0.512. The van der Waals surface area contributed by atoms with Crippen LogP contribution in [0.2, 0.25) is 0 Å². The standard InChI is InChI=1S/C22H20F3N5O/c1-13-7-9-29(21(31)14-2-4-15(5-3-14)22(23,24)25)12-17(13)20-28-11-16-10-27-19-18(30(16)20)6-8-26-19/h2-6,8,10-11,13,17,26H,7,9,12H2,1H3/t13-,17+/m0/s1. The zero-order valence-electron chi connectivity index (χ0n) is 16.7. The molecule has 1 aromatic carbocycles. The lowest BCUT2D eigenvalue weighted by Crippen LogP contribution is -2.42. The Hall–Kier alpha value is -3.36. The van der Waals surface area contributed by atoms with E-state index in [-0.39, 0.29) is 17.4 Å². The molecule has 6 nitrogen and oxygen atoms in total. The number of nitrogens with one attached hydrogen (secondary N) is 1. The third kappa shape index (κ3) is 3.34. The minimum atomic E-state index is -4.42. The van der Waals surface area contributed by atoms with Crippen LogP contribution in [0.3, 0.4) is 0 Å². The predicted molar refractivity (Wildman–Crippen MR) is 109 cm³/mol. The largest absolute Gasteiger partial charge is 0.416 e. The van der Waals surface area contributed by atoms with Crippen LogP contribution in [0.5, 0.6) is 0 Å². The fourth-order valence-corrected chi connectivity index (χ4v) is 4.34. The maximum absolute atomic E-state index is 13.0. The van der Waals surface area contributed by atoms with Crippen LogP contribution in [0.1, 0.15) is 41.0 Å². The maximum atomic E-state index is 13.0. The molecule has 31 heavy (non-hydrogen) atoms. The van der Waals surface area contributed by atoms with E-state index in [1.807, 2.05) is 12.3 Å². The van der Waals surface area contributed by atoms with Crippen LogP contribution in [0.4, 0.5) is 13.2 Å². The summed E-state index contributed by atoms with van der Waals surface area (Å²) >= 11 is 0. The Kier molecular flexibility index (Phi) is 4.49. The molecule has 0 spiro atoms. The predicted octanol–water partition coefficient (Wildman–Crippen LogP) is 4.50. The van der Waals surface area contributed by atoms with Gasteiger partial charge in [-0.15, -0.1) is 0 Å². The summed E-state index contributed by atoms with van der Waals surface area (Å²) in [6, 6.07) is 6.35. The smallest absolute Gasteiger partial charge is 0.345 e. The second kappa shape index (κ2) is 7.11. The van der Waals surface area contributed by atoms with E-state index >= 15 is 0 Å². The van der Waals surface area contributed by atoms with Crippen LogP contribution in [0.15, 0.2) is 48.9 Å². The van der Waals surface area contributed by atoms with Crippen molar-refractivity contribution < 1.29 is 18.0 Å². The molecule has 2 atom stereocenters. The number of piperidine rings is 1. The molecule has 5 rings (SSSR count). The number of hydrogen-bond acceptors (Lipinski definition) is 3. The highest BCUT2D eigenvalue weighted by molar-refractivity contribution is 5.94. The van der Waals surface area contributed by atoms with Crippen molar-refractivity contribution >= 4 is 22.6 Å². The van der Waals surface area contributed by atoms with Gasteiger partial charge in [0.25, 0.3) is 5.91 Å². The number of alkyl halides is 3. The van der Waals surface area contributed by atoms with Gasteiger partial charge in [0, 0.05) is 30.8 Å². The molecule has 1 N–H and O–H groups in total. The zero-order valence-corrected chi connectivity index (χ0v) is 16.7. The lowest BCUT2D eigenvalue weighted by atomic mass is 9.86. The molecule has 4 aromatic rings. The molecule has 0 bridgehead atoms. The van der Waals surface area contributed by atoms with E-state index < -0.39 is 11.7 Å². The fraction of sp³-hybridized carbons (Fsp3) is 0.318. The van der Waals surface area contributed by atoms with Gasteiger partial charge >= 0.3 is 6.18 Å². The molecular weight excluding hydrogens is 407 g/mol. The number of imidazole rings is 1. The second-order valence-corrected chi connectivity index (χ2v) is 8.05. The average Bonchev–Trinajstić information content (AvgIpc) is 3.39. The van der Waals surface area contributed by atoms with E-state index in [9.17, 15) is 18.0 Å². The molecule has 0 unspecified atom stereocenters. The van der Waals surface area contributed by atoms with Crippen molar-refractivity contribution in [1.82, 2.24) is 24.3 Å². The molecular formula is C22H20F3N5O. The summed E-state index contributed by atoms with van der Waals surface area (Å²) < 4.78 is 40.6. The van der Waals surface area contributed by atoms with Crippen LogP contribution in [-0.4, -0.2) is 43.2 Å². The molecule has 1 fully saturated rings. The second-order valence-electron chi connectivity index (χ2n) is 8.05.